The Morgan fingerprint density at radius 3 is 1.94 bits per heavy atom. The maximum atomic E-state index is 11.1. The first-order valence-electron chi connectivity index (χ1n) is 10.6. The number of aromatic hydroxyl groups is 2. The lowest BCUT2D eigenvalue weighted by molar-refractivity contribution is 0.456. The van der Waals surface area contributed by atoms with E-state index in [-0.39, 0.29) is 11.5 Å². The molecule has 4 heteroatoms. The average Bonchev–Trinajstić information content (AvgIpc) is 3.29. The Morgan fingerprint density at radius 1 is 0.594 bits per heavy atom. The Balaban J connectivity index is 1.84. The fourth-order valence-electron chi connectivity index (χ4n) is 5.10. The lowest BCUT2D eigenvalue weighted by Gasteiger charge is -2.13. The van der Waals surface area contributed by atoms with Gasteiger partial charge in [0.1, 0.15) is 11.5 Å². The molecule has 0 amide bonds. The minimum atomic E-state index is 0.0686. The Morgan fingerprint density at radius 2 is 1.19 bits per heavy atom. The molecule has 2 heterocycles. The van der Waals surface area contributed by atoms with Gasteiger partial charge in [-0.3, -0.25) is 0 Å². The van der Waals surface area contributed by atoms with E-state index in [1.165, 1.54) is 6.07 Å². The molecule has 6 aromatic rings. The summed E-state index contributed by atoms with van der Waals surface area (Å²) in [6.45, 7) is 0. The van der Waals surface area contributed by atoms with Crippen LogP contribution in [-0.2, 0) is 14.1 Å². The maximum absolute atomic E-state index is 11.1. The molecule has 0 saturated carbocycles. The zero-order chi connectivity index (χ0) is 22.0. The van der Waals surface area contributed by atoms with Crippen molar-refractivity contribution in [2.24, 2.45) is 14.1 Å². The molecule has 0 bridgehead atoms. The van der Waals surface area contributed by atoms with Gasteiger partial charge in [0.15, 0.2) is 0 Å². The molecular formula is C28H22N2O2. The van der Waals surface area contributed by atoms with Crippen LogP contribution in [-0.4, -0.2) is 19.3 Å². The molecule has 0 atom stereocenters. The van der Waals surface area contributed by atoms with E-state index in [0.717, 1.165) is 55.0 Å². The van der Waals surface area contributed by atoms with Crippen LogP contribution in [0.15, 0.2) is 85.1 Å². The maximum Gasteiger partial charge on any atom is 0.127 e. The quantitative estimate of drug-likeness (QED) is 0.334. The molecule has 0 aliphatic rings. The van der Waals surface area contributed by atoms with Gasteiger partial charge in [0.25, 0.3) is 0 Å². The lowest BCUT2D eigenvalue weighted by atomic mass is 9.92. The van der Waals surface area contributed by atoms with Crippen LogP contribution in [0.25, 0.3) is 55.0 Å². The summed E-state index contributed by atoms with van der Waals surface area (Å²) in [5, 5.41) is 25.4. The zero-order valence-electron chi connectivity index (χ0n) is 17.9. The SMILES string of the molecule is Cn1cc(-c2c(-c3c(O)cc(O)c4ccccc34)c3ccccc3n2C)c2ccccc21. The average molecular weight is 418 g/mol. The Hall–Kier alpha value is -4.18. The van der Waals surface area contributed by atoms with Crippen molar-refractivity contribution in [3.63, 3.8) is 0 Å². The van der Waals surface area contributed by atoms with Crippen LogP contribution in [0.2, 0.25) is 0 Å². The van der Waals surface area contributed by atoms with Crippen LogP contribution < -0.4 is 0 Å². The number of aryl methyl sites for hydroxylation is 2. The fourth-order valence-corrected chi connectivity index (χ4v) is 5.10. The first-order valence-corrected chi connectivity index (χ1v) is 10.6. The van der Waals surface area contributed by atoms with Crippen LogP contribution in [0.4, 0.5) is 0 Å². The highest BCUT2D eigenvalue weighted by molar-refractivity contribution is 6.15. The molecule has 6 rings (SSSR count). The molecule has 2 aromatic heterocycles. The molecule has 0 saturated heterocycles. The third kappa shape index (κ3) is 2.44. The van der Waals surface area contributed by atoms with Gasteiger partial charge in [-0.1, -0.05) is 60.7 Å². The summed E-state index contributed by atoms with van der Waals surface area (Å²) in [7, 11) is 4.13. The number of phenolic OH excluding ortho intramolecular Hbond substituents is 2. The molecule has 4 nitrogen and oxygen atoms in total. The number of phenols is 2. The standard InChI is InChI=1S/C28H22N2O2/c1-29-16-21(17-9-5-7-13-22(17)29)28-27(20-12-6-8-14-23(20)30(28)2)26-19-11-4-3-10-18(19)24(31)15-25(26)32/h3-16,31-32H,1-2H3. The van der Waals surface area contributed by atoms with Gasteiger partial charge in [0, 0.05) is 70.2 Å². The van der Waals surface area contributed by atoms with E-state index in [1.54, 1.807) is 0 Å². The van der Waals surface area contributed by atoms with E-state index in [9.17, 15) is 10.2 Å². The first-order chi connectivity index (χ1) is 15.6. The number of nitrogens with zero attached hydrogens (tertiary/aromatic N) is 2. The topological polar surface area (TPSA) is 50.3 Å². The number of hydrogen-bond acceptors (Lipinski definition) is 2. The Bertz CT molecular complexity index is 1670. The van der Waals surface area contributed by atoms with Gasteiger partial charge in [-0.2, -0.15) is 0 Å². The van der Waals surface area contributed by atoms with Crippen molar-refractivity contribution in [3.05, 3.63) is 85.1 Å². The van der Waals surface area contributed by atoms with Gasteiger partial charge >= 0.3 is 0 Å². The summed E-state index contributed by atoms with van der Waals surface area (Å²) < 4.78 is 4.34. The smallest absolute Gasteiger partial charge is 0.127 e. The van der Waals surface area contributed by atoms with Crippen LogP contribution in [0.3, 0.4) is 0 Å². The minimum absolute atomic E-state index is 0.0686. The molecule has 0 spiro atoms. The fraction of sp³-hybridized carbons (Fsp3) is 0.0714. The molecule has 0 unspecified atom stereocenters. The molecule has 0 aliphatic carbocycles. The van der Waals surface area contributed by atoms with Crippen LogP contribution in [0.1, 0.15) is 0 Å². The van der Waals surface area contributed by atoms with Crippen LogP contribution >= 0.6 is 0 Å². The number of benzene rings is 4. The van der Waals surface area contributed by atoms with Crippen molar-refractivity contribution in [2.45, 2.75) is 0 Å². The monoisotopic (exact) mass is 418 g/mol. The summed E-state index contributed by atoms with van der Waals surface area (Å²) in [6, 6.07) is 25.8. The van der Waals surface area contributed by atoms with Crippen molar-refractivity contribution < 1.29 is 10.2 Å². The third-order valence-corrected chi connectivity index (χ3v) is 6.51. The Labute approximate surface area is 185 Å². The lowest BCUT2D eigenvalue weighted by Crippen LogP contribution is -1.93. The van der Waals surface area contributed by atoms with E-state index in [0.29, 0.717) is 0 Å². The zero-order valence-corrected chi connectivity index (χ0v) is 17.9. The van der Waals surface area contributed by atoms with E-state index in [4.69, 9.17) is 0 Å². The summed E-state index contributed by atoms with van der Waals surface area (Å²) in [5.41, 5.74) is 6.08. The molecule has 0 fully saturated rings. The third-order valence-electron chi connectivity index (χ3n) is 6.51. The van der Waals surface area contributed by atoms with Crippen molar-refractivity contribution in [2.75, 3.05) is 0 Å². The Kier molecular flexibility index (Phi) is 3.87. The van der Waals surface area contributed by atoms with Crippen LogP contribution in [0, 0.1) is 0 Å². The minimum Gasteiger partial charge on any atom is -0.507 e. The number of para-hydroxylation sites is 2. The van der Waals surface area contributed by atoms with E-state index < -0.39 is 0 Å². The van der Waals surface area contributed by atoms with Crippen molar-refractivity contribution in [1.29, 1.82) is 0 Å². The van der Waals surface area contributed by atoms with Gasteiger partial charge in [-0.15, -0.1) is 0 Å². The molecule has 4 aromatic carbocycles. The first kappa shape index (κ1) is 18.6. The second kappa shape index (κ2) is 6.66. The van der Waals surface area contributed by atoms with Gasteiger partial charge in [0.2, 0.25) is 0 Å². The summed E-state index contributed by atoms with van der Waals surface area (Å²) in [4.78, 5) is 0. The van der Waals surface area contributed by atoms with Crippen molar-refractivity contribution in [1.82, 2.24) is 9.13 Å². The highest BCUT2D eigenvalue weighted by atomic mass is 16.3. The predicted octanol–water partition coefficient (Wildman–Crippen LogP) is 6.57. The predicted molar refractivity (Wildman–Crippen MR) is 131 cm³/mol. The molecule has 0 aliphatic heterocycles. The van der Waals surface area contributed by atoms with E-state index in [1.807, 2.05) is 42.5 Å². The largest absolute Gasteiger partial charge is 0.507 e. The van der Waals surface area contributed by atoms with Gasteiger partial charge in [-0.05, 0) is 17.5 Å². The second-order valence-corrected chi connectivity index (χ2v) is 8.31. The highest BCUT2D eigenvalue weighted by Gasteiger charge is 2.25. The number of rotatable bonds is 2. The number of aromatic nitrogens is 2. The number of fused-ring (bicyclic) bond motifs is 3. The van der Waals surface area contributed by atoms with Gasteiger partial charge < -0.3 is 19.3 Å². The molecule has 0 radical (unpaired) electrons. The molecule has 156 valence electrons. The van der Waals surface area contributed by atoms with Gasteiger partial charge in [0.05, 0.1) is 5.69 Å². The van der Waals surface area contributed by atoms with E-state index in [2.05, 4.69) is 59.8 Å². The summed E-state index contributed by atoms with van der Waals surface area (Å²) >= 11 is 0. The summed E-state index contributed by atoms with van der Waals surface area (Å²) in [6.07, 6.45) is 2.15. The van der Waals surface area contributed by atoms with Crippen molar-refractivity contribution in [3.8, 4) is 33.9 Å². The van der Waals surface area contributed by atoms with Crippen LogP contribution in [0.5, 0.6) is 11.5 Å². The molecular weight excluding hydrogens is 396 g/mol. The molecule has 32 heavy (non-hydrogen) atoms. The molecule has 2 N–H and O–H groups in total. The number of hydrogen-bond donors (Lipinski definition) is 2. The normalized spacial score (nSPS) is 11.7. The summed E-state index contributed by atoms with van der Waals surface area (Å²) in [5.74, 6) is 0.146. The van der Waals surface area contributed by atoms with Crippen molar-refractivity contribution >= 4 is 32.6 Å². The second-order valence-electron chi connectivity index (χ2n) is 8.31. The van der Waals surface area contributed by atoms with E-state index >= 15 is 0 Å². The highest BCUT2D eigenvalue weighted by Crippen LogP contribution is 2.49. The van der Waals surface area contributed by atoms with Gasteiger partial charge in [-0.25, -0.2) is 0 Å².